The second-order valence-corrected chi connectivity index (χ2v) is 5.30. The van der Waals surface area contributed by atoms with Crippen LogP contribution in [0.3, 0.4) is 0 Å². The van der Waals surface area contributed by atoms with Gasteiger partial charge in [-0.1, -0.05) is 26.7 Å². The van der Waals surface area contributed by atoms with Crippen LogP contribution < -0.4 is 11.1 Å². The van der Waals surface area contributed by atoms with E-state index in [9.17, 15) is 4.79 Å². The molecule has 1 aliphatic rings. The Bertz CT molecular complexity index is 225. The van der Waals surface area contributed by atoms with Gasteiger partial charge >= 0.3 is 0 Å². The first-order valence-electron chi connectivity index (χ1n) is 6.74. The standard InChI is InChI=1S/C13H26N2O2/c1-10(2)9-12(14)13(16)15-7-8-17-11-5-3-4-6-11/h10-12H,3-9,14H2,1-2H3,(H,15,16)/t12-/m1/s1. The Labute approximate surface area is 104 Å². The Balaban J connectivity index is 2.02. The van der Waals surface area contributed by atoms with E-state index in [2.05, 4.69) is 19.2 Å². The zero-order valence-electron chi connectivity index (χ0n) is 11.1. The van der Waals surface area contributed by atoms with Crippen molar-refractivity contribution < 1.29 is 9.53 Å². The molecule has 1 amide bonds. The first-order chi connectivity index (χ1) is 8.09. The third-order valence-corrected chi connectivity index (χ3v) is 3.12. The summed E-state index contributed by atoms with van der Waals surface area (Å²) in [5.41, 5.74) is 5.77. The number of carbonyl (C=O) groups excluding carboxylic acids is 1. The Hall–Kier alpha value is -0.610. The summed E-state index contributed by atoms with van der Waals surface area (Å²) in [6.45, 7) is 5.30. The van der Waals surface area contributed by atoms with Gasteiger partial charge in [0.05, 0.1) is 18.8 Å². The van der Waals surface area contributed by atoms with Crippen molar-refractivity contribution in [1.29, 1.82) is 0 Å². The van der Waals surface area contributed by atoms with Gasteiger partial charge in [0.2, 0.25) is 5.91 Å². The summed E-state index contributed by atoms with van der Waals surface area (Å²) >= 11 is 0. The molecule has 0 radical (unpaired) electrons. The van der Waals surface area contributed by atoms with Crippen molar-refractivity contribution in [3.63, 3.8) is 0 Å². The SMILES string of the molecule is CC(C)C[C@@H](N)C(=O)NCCOC1CCCC1. The zero-order chi connectivity index (χ0) is 12.7. The molecule has 1 rings (SSSR count). The van der Waals surface area contributed by atoms with Crippen LogP contribution in [0.2, 0.25) is 0 Å². The molecule has 0 bridgehead atoms. The first-order valence-corrected chi connectivity index (χ1v) is 6.74. The van der Waals surface area contributed by atoms with Gasteiger partial charge in [0.15, 0.2) is 0 Å². The fraction of sp³-hybridized carbons (Fsp3) is 0.923. The van der Waals surface area contributed by atoms with Crippen LogP contribution in [0.1, 0.15) is 46.0 Å². The molecule has 1 atom stereocenters. The minimum absolute atomic E-state index is 0.0614. The molecule has 0 spiro atoms. The predicted molar refractivity (Wildman–Crippen MR) is 68.6 cm³/mol. The molecule has 0 aliphatic heterocycles. The van der Waals surface area contributed by atoms with Crippen LogP contribution in [-0.2, 0) is 9.53 Å². The first kappa shape index (κ1) is 14.5. The molecular weight excluding hydrogens is 216 g/mol. The molecule has 0 aromatic carbocycles. The average molecular weight is 242 g/mol. The van der Waals surface area contributed by atoms with Gasteiger partial charge in [-0.2, -0.15) is 0 Å². The smallest absolute Gasteiger partial charge is 0.237 e. The van der Waals surface area contributed by atoms with Crippen LogP contribution >= 0.6 is 0 Å². The largest absolute Gasteiger partial charge is 0.376 e. The van der Waals surface area contributed by atoms with Crippen LogP contribution in [0, 0.1) is 5.92 Å². The predicted octanol–water partition coefficient (Wildman–Crippen LogP) is 1.44. The molecule has 1 aliphatic carbocycles. The third kappa shape index (κ3) is 6.03. The van der Waals surface area contributed by atoms with E-state index in [1.54, 1.807) is 0 Å². The van der Waals surface area contributed by atoms with E-state index in [-0.39, 0.29) is 11.9 Å². The lowest BCUT2D eigenvalue weighted by molar-refractivity contribution is -0.123. The number of hydrogen-bond donors (Lipinski definition) is 2. The van der Waals surface area contributed by atoms with Gasteiger partial charge in [-0.3, -0.25) is 4.79 Å². The van der Waals surface area contributed by atoms with Crippen LogP contribution in [-0.4, -0.2) is 31.2 Å². The van der Waals surface area contributed by atoms with Gasteiger partial charge < -0.3 is 15.8 Å². The maximum atomic E-state index is 11.6. The number of amides is 1. The van der Waals surface area contributed by atoms with Crippen molar-refractivity contribution in [2.24, 2.45) is 11.7 Å². The van der Waals surface area contributed by atoms with Crippen LogP contribution in [0.4, 0.5) is 0 Å². The average Bonchev–Trinajstić information content (AvgIpc) is 2.75. The van der Waals surface area contributed by atoms with E-state index in [0.29, 0.717) is 25.2 Å². The lowest BCUT2D eigenvalue weighted by Gasteiger charge is -2.15. The molecule has 0 heterocycles. The quantitative estimate of drug-likeness (QED) is 0.664. The highest BCUT2D eigenvalue weighted by Gasteiger charge is 2.16. The van der Waals surface area contributed by atoms with Crippen LogP contribution in [0.5, 0.6) is 0 Å². The van der Waals surface area contributed by atoms with E-state index in [4.69, 9.17) is 10.5 Å². The minimum Gasteiger partial charge on any atom is -0.376 e. The highest BCUT2D eigenvalue weighted by molar-refractivity contribution is 5.81. The van der Waals surface area contributed by atoms with Crippen LogP contribution in [0.25, 0.3) is 0 Å². The molecule has 0 unspecified atom stereocenters. The molecule has 4 heteroatoms. The van der Waals surface area contributed by atoms with Crippen molar-refractivity contribution in [2.45, 2.75) is 58.1 Å². The molecule has 0 aromatic heterocycles. The number of hydrogen-bond acceptors (Lipinski definition) is 3. The molecule has 0 saturated heterocycles. The highest BCUT2D eigenvalue weighted by Crippen LogP contribution is 2.20. The maximum absolute atomic E-state index is 11.6. The summed E-state index contributed by atoms with van der Waals surface area (Å²) in [7, 11) is 0. The van der Waals surface area contributed by atoms with Crippen molar-refractivity contribution in [3.05, 3.63) is 0 Å². The molecule has 4 nitrogen and oxygen atoms in total. The fourth-order valence-electron chi connectivity index (χ4n) is 2.20. The minimum atomic E-state index is -0.388. The summed E-state index contributed by atoms with van der Waals surface area (Å²) in [4.78, 5) is 11.6. The molecule has 0 aromatic rings. The van der Waals surface area contributed by atoms with Gasteiger partial charge in [-0.25, -0.2) is 0 Å². The number of nitrogens with two attached hydrogens (primary N) is 1. The molecule has 100 valence electrons. The molecular formula is C13H26N2O2. The summed E-state index contributed by atoms with van der Waals surface area (Å²) in [6.07, 6.45) is 6.03. The zero-order valence-corrected chi connectivity index (χ0v) is 11.1. The topological polar surface area (TPSA) is 64.4 Å². The van der Waals surface area contributed by atoms with Gasteiger partial charge in [-0.15, -0.1) is 0 Å². The summed E-state index contributed by atoms with van der Waals surface area (Å²) in [6, 6.07) is -0.388. The summed E-state index contributed by atoms with van der Waals surface area (Å²) in [5, 5.41) is 2.82. The Morgan fingerprint density at radius 1 is 1.41 bits per heavy atom. The van der Waals surface area contributed by atoms with Crippen molar-refractivity contribution in [2.75, 3.05) is 13.2 Å². The highest BCUT2D eigenvalue weighted by atomic mass is 16.5. The number of carbonyl (C=O) groups is 1. The van der Waals surface area contributed by atoms with E-state index < -0.39 is 0 Å². The van der Waals surface area contributed by atoms with Crippen molar-refractivity contribution in [3.8, 4) is 0 Å². The van der Waals surface area contributed by atoms with E-state index in [1.807, 2.05) is 0 Å². The summed E-state index contributed by atoms with van der Waals surface area (Å²) < 4.78 is 5.66. The lowest BCUT2D eigenvalue weighted by atomic mass is 10.0. The third-order valence-electron chi connectivity index (χ3n) is 3.12. The van der Waals surface area contributed by atoms with Crippen molar-refractivity contribution >= 4 is 5.91 Å². The Morgan fingerprint density at radius 2 is 2.06 bits per heavy atom. The molecule has 1 saturated carbocycles. The van der Waals surface area contributed by atoms with E-state index in [1.165, 1.54) is 25.7 Å². The normalized spacial score (nSPS) is 18.6. The second kappa shape index (κ2) is 7.67. The van der Waals surface area contributed by atoms with E-state index >= 15 is 0 Å². The number of rotatable bonds is 7. The lowest BCUT2D eigenvalue weighted by Crippen LogP contribution is -2.42. The van der Waals surface area contributed by atoms with Crippen molar-refractivity contribution in [1.82, 2.24) is 5.32 Å². The van der Waals surface area contributed by atoms with Crippen LogP contribution in [0.15, 0.2) is 0 Å². The Kier molecular flexibility index (Phi) is 6.52. The maximum Gasteiger partial charge on any atom is 0.237 e. The monoisotopic (exact) mass is 242 g/mol. The molecule has 17 heavy (non-hydrogen) atoms. The number of ether oxygens (including phenoxy) is 1. The number of nitrogens with one attached hydrogen (secondary N) is 1. The van der Waals surface area contributed by atoms with Gasteiger partial charge in [-0.05, 0) is 25.2 Å². The Morgan fingerprint density at radius 3 is 2.65 bits per heavy atom. The van der Waals surface area contributed by atoms with Gasteiger partial charge in [0, 0.05) is 6.54 Å². The fourth-order valence-corrected chi connectivity index (χ4v) is 2.20. The molecule has 1 fully saturated rings. The van der Waals surface area contributed by atoms with E-state index in [0.717, 1.165) is 6.42 Å². The van der Waals surface area contributed by atoms with Gasteiger partial charge in [0.25, 0.3) is 0 Å². The summed E-state index contributed by atoms with van der Waals surface area (Å²) in [5.74, 6) is 0.388. The second-order valence-electron chi connectivity index (χ2n) is 5.30. The van der Waals surface area contributed by atoms with Gasteiger partial charge in [0.1, 0.15) is 0 Å². The molecule has 3 N–H and O–H groups in total.